The van der Waals surface area contributed by atoms with Crippen LogP contribution in [-0.4, -0.2) is 21.6 Å². The maximum Gasteiger partial charge on any atom is 0.180 e. The predicted molar refractivity (Wildman–Crippen MR) is 91.6 cm³/mol. The molecule has 0 saturated carbocycles. The normalized spacial score (nSPS) is 12.1. The van der Waals surface area contributed by atoms with Crippen LogP contribution in [0.2, 0.25) is 0 Å². The Bertz CT molecular complexity index is 791. The van der Waals surface area contributed by atoms with Crippen molar-refractivity contribution in [3.05, 3.63) is 54.4 Å². The first kappa shape index (κ1) is 15.2. The van der Waals surface area contributed by atoms with Crippen LogP contribution in [0.1, 0.15) is 31.9 Å². The molecule has 3 aromatic rings. The molecule has 5 nitrogen and oxygen atoms in total. The lowest BCUT2D eigenvalue weighted by atomic mass is 10.0. The second-order valence-corrected chi connectivity index (χ2v) is 5.17. The van der Waals surface area contributed by atoms with Gasteiger partial charge in [-0.05, 0) is 31.5 Å². The maximum atomic E-state index is 5.74. The highest BCUT2D eigenvalue weighted by Gasteiger charge is 2.15. The summed E-state index contributed by atoms with van der Waals surface area (Å²) < 4.78 is 5.74. The number of fused-ring (bicyclic) bond motifs is 1. The van der Waals surface area contributed by atoms with Gasteiger partial charge < -0.3 is 10.1 Å². The van der Waals surface area contributed by atoms with E-state index in [1.54, 1.807) is 12.4 Å². The average molecular weight is 308 g/mol. The highest BCUT2D eigenvalue weighted by molar-refractivity contribution is 5.71. The molecule has 2 heterocycles. The molecule has 1 unspecified atom stereocenters. The largest absolute Gasteiger partial charge is 0.494 e. The summed E-state index contributed by atoms with van der Waals surface area (Å²) in [5.41, 5.74) is 2.57. The summed E-state index contributed by atoms with van der Waals surface area (Å²) in [5, 5.41) is 3.48. The van der Waals surface area contributed by atoms with Gasteiger partial charge in [-0.3, -0.25) is 4.98 Å². The monoisotopic (exact) mass is 308 g/mol. The van der Waals surface area contributed by atoms with Gasteiger partial charge in [0, 0.05) is 18.0 Å². The lowest BCUT2D eigenvalue weighted by Crippen LogP contribution is -2.12. The molecule has 1 atom stereocenters. The van der Waals surface area contributed by atoms with Crippen LogP contribution in [-0.2, 0) is 0 Å². The van der Waals surface area contributed by atoms with Crippen LogP contribution < -0.4 is 10.1 Å². The molecule has 0 aliphatic carbocycles. The van der Waals surface area contributed by atoms with Crippen molar-refractivity contribution in [2.75, 3.05) is 11.9 Å². The zero-order valence-electron chi connectivity index (χ0n) is 13.4. The lowest BCUT2D eigenvalue weighted by Gasteiger charge is -2.21. The number of ether oxygens (including phenoxy) is 1. The van der Waals surface area contributed by atoms with E-state index >= 15 is 0 Å². The van der Waals surface area contributed by atoms with Crippen molar-refractivity contribution in [1.82, 2.24) is 15.0 Å². The Morgan fingerprint density at radius 1 is 1.04 bits per heavy atom. The first-order valence-electron chi connectivity index (χ1n) is 7.87. The highest BCUT2D eigenvalue weighted by Crippen LogP contribution is 2.30. The Kier molecular flexibility index (Phi) is 4.66. The summed E-state index contributed by atoms with van der Waals surface area (Å²) in [7, 11) is 0. The summed E-state index contributed by atoms with van der Waals surface area (Å²) in [4.78, 5) is 13.0. The fourth-order valence-corrected chi connectivity index (χ4v) is 2.57. The van der Waals surface area contributed by atoms with Gasteiger partial charge in [0.25, 0.3) is 0 Å². The summed E-state index contributed by atoms with van der Waals surface area (Å²) in [5.74, 6) is 1.70. The maximum absolute atomic E-state index is 5.74. The van der Waals surface area contributed by atoms with Crippen LogP contribution in [0.3, 0.4) is 0 Å². The van der Waals surface area contributed by atoms with E-state index in [1.807, 2.05) is 37.3 Å². The Morgan fingerprint density at radius 2 is 1.87 bits per heavy atom. The molecule has 2 aromatic heterocycles. The third-order valence-corrected chi connectivity index (χ3v) is 3.66. The van der Waals surface area contributed by atoms with Crippen LogP contribution in [0.15, 0.2) is 48.8 Å². The van der Waals surface area contributed by atoms with Crippen molar-refractivity contribution < 1.29 is 4.74 Å². The zero-order chi connectivity index (χ0) is 16.1. The minimum Gasteiger partial charge on any atom is -0.494 e. The molecule has 0 bridgehead atoms. The molecular formula is C18H20N4O. The first-order chi connectivity index (χ1) is 11.3. The van der Waals surface area contributed by atoms with Gasteiger partial charge >= 0.3 is 0 Å². The molecule has 0 aliphatic rings. The standard InChI is InChI=1S/C18H20N4O/c1-3-14(13-7-5-6-8-16(13)23-4-2)21-17-10-9-15-18(22-17)20-12-11-19-15/h5-12,14H,3-4H2,1-2H3,(H,20,21,22). The van der Waals surface area contributed by atoms with E-state index in [9.17, 15) is 0 Å². The van der Waals surface area contributed by atoms with Gasteiger partial charge in [0.1, 0.15) is 17.1 Å². The molecule has 0 amide bonds. The summed E-state index contributed by atoms with van der Waals surface area (Å²) >= 11 is 0. The molecular weight excluding hydrogens is 288 g/mol. The van der Waals surface area contributed by atoms with Gasteiger partial charge in [-0.1, -0.05) is 25.1 Å². The molecule has 0 saturated heterocycles. The van der Waals surface area contributed by atoms with Crippen LogP contribution in [0.25, 0.3) is 11.2 Å². The Balaban J connectivity index is 1.89. The fraction of sp³-hybridized carbons (Fsp3) is 0.278. The number of aromatic nitrogens is 3. The molecule has 3 rings (SSSR count). The second kappa shape index (κ2) is 7.05. The van der Waals surface area contributed by atoms with Gasteiger partial charge in [-0.15, -0.1) is 0 Å². The zero-order valence-corrected chi connectivity index (χ0v) is 13.4. The minimum atomic E-state index is 0.124. The molecule has 0 radical (unpaired) electrons. The van der Waals surface area contributed by atoms with Crippen molar-refractivity contribution in [2.45, 2.75) is 26.3 Å². The van der Waals surface area contributed by atoms with E-state index in [-0.39, 0.29) is 6.04 Å². The number of nitrogens with one attached hydrogen (secondary N) is 1. The summed E-state index contributed by atoms with van der Waals surface area (Å²) in [6.07, 6.45) is 4.25. The lowest BCUT2D eigenvalue weighted by molar-refractivity contribution is 0.334. The van der Waals surface area contributed by atoms with E-state index in [4.69, 9.17) is 4.74 Å². The number of hydrogen-bond acceptors (Lipinski definition) is 5. The molecule has 1 aromatic carbocycles. The van der Waals surface area contributed by atoms with Crippen molar-refractivity contribution >= 4 is 17.0 Å². The third-order valence-electron chi connectivity index (χ3n) is 3.66. The Morgan fingerprint density at radius 3 is 2.70 bits per heavy atom. The molecule has 1 N–H and O–H groups in total. The number of benzene rings is 1. The third kappa shape index (κ3) is 3.39. The average Bonchev–Trinajstić information content (AvgIpc) is 2.60. The second-order valence-electron chi connectivity index (χ2n) is 5.17. The van der Waals surface area contributed by atoms with E-state index in [0.29, 0.717) is 12.3 Å². The summed E-state index contributed by atoms with van der Waals surface area (Å²) in [6, 6.07) is 12.1. The fourth-order valence-electron chi connectivity index (χ4n) is 2.57. The topological polar surface area (TPSA) is 59.9 Å². The highest BCUT2D eigenvalue weighted by atomic mass is 16.5. The van der Waals surface area contributed by atoms with Crippen LogP contribution in [0.4, 0.5) is 5.82 Å². The van der Waals surface area contributed by atoms with E-state index in [1.165, 1.54) is 0 Å². The van der Waals surface area contributed by atoms with E-state index in [0.717, 1.165) is 29.1 Å². The molecule has 0 fully saturated rings. The first-order valence-corrected chi connectivity index (χ1v) is 7.87. The van der Waals surface area contributed by atoms with E-state index in [2.05, 4.69) is 33.3 Å². The number of para-hydroxylation sites is 1. The van der Waals surface area contributed by atoms with Gasteiger partial charge in [0.05, 0.1) is 12.6 Å². The van der Waals surface area contributed by atoms with Crippen LogP contribution in [0, 0.1) is 0 Å². The van der Waals surface area contributed by atoms with Crippen molar-refractivity contribution in [1.29, 1.82) is 0 Å². The Hall–Kier alpha value is -2.69. The van der Waals surface area contributed by atoms with Crippen LogP contribution in [0.5, 0.6) is 5.75 Å². The molecule has 5 heteroatoms. The smallest absolute Gasteiger partial charge is 0.180 e. The number of hydrogen-bond donors (Lipinski definition) is 1. The van der Waals surface area contributed by atoms with E-state index < -0.39 is 0 Å². The minimum absolute atomic E-state index is 0.124. The van der Waals surface area contributed by atoms with Crippen LogP contribution >= 0.6 is 0 Å². The molecule has 0 aliphatic heterocycles. The molecule has 0 spiro atoms. The Labute approximate surface area is 135 Å². The number of nitrogens with zero attached hydrogens (tertiary/aromatic N) is 3. The molecule has 118 valence electrons. The summed E-state index contributed by atoms with van der Waals surface area (Å²) in [6.45, 7) is 4.78. The van der Waals surface area contributed by atoms with Crippen molar-refractivity contribution in [3.8, 4) is 5.75 Å². The van der Waals surface area contributed by atoms with Crippen molar-refractivity contribution in [3.63, 3.8) is 0 Å². The molecule has 23 heavy (non-hydrogen) atoms. The predicted octanol–water partition coefficient (Wildman–Crippen LogP) is 3.99. The number of anilines is 1. The quantitative estimate of drug-likeness (QED) is 0.746. The SMILES string of the molecule is CCOc1ccccc1C(CC)Nc1ccc2nccnc2n1. The van der Waals surface area contributed by atoms with Crippen molar-refractivity contribution in [2.24, 2.45) is 0 Å². The van der Waals surface area contributed by atoms with Gasteiger partial charge in [0.2, 0.25) is 0 Å². The number of rotatable bonds is 6. The van der Waals surface area contributed by atoms with Gasteiger partial charge in [-0.25, -0.2) is 9.97 Å². The van der Waals surface area contributed by atoms with Gasteiger partial charge in [-0.2, -0.15) is 0 Å². The number of pyridine rings is 1. The van der Waals surface area contributed by atoms with Gasteiger partial charge in [0.15, 0.2) is 5.65 Å².